The number of allylic oxidation sites excluding steroid dienone is 2. The van der Waals surface area contributed by atoms with Crippen molar-refractivity contribution >= 4 is 21.5 Å². The topological polar surface area (TPSA) is 102 Å². The number of ether oxygens (including phenoxy) is 1. The van der Waals surface area contributed by atoms with Gasteiger partial charge in [0.15, 0.2) is 0 Å². The first-order chi connectivity index (χ1) is 16.4. The van der Waals surface area contributed by atoms with Crippen molar-refractivity contribution in [3.05, 3.63) is 127 Å². The molecule has 0 spiro atoms. The minimum absolute atomic E-state index is 0.0890. The van der Waals surface area contributed by atoms with Gasteiger partial charge in [-0.25, -0.2) is 0 Å². The van der Waals surface area contributed by atoms with Gasteiger partial charge in [0.05, 0.1) is 11.5 Å². The van der Waals surface area contributed by atoms with Crippen molar-refractivity contribution in [1.82, 2.24) is 0 Å². The highest BCUT2D eigenvalue weighted by Gasteiger charge is 2.67. The van der Waals surface area contributed by atoms with Crippen LogP contribution >= 0.6 is 15.9 Å². The summed E-state index contributed by atoms with van der Waals surface area (Å²) in [6.07, 6.45) is -1.03. The molecule has 0 bridgehead atoms. The van der Waals surface area contributed by atoms with E-state index in [2.05, 4.69) is 22.0 Å². The average Bonchev–Trinajstić information content (AvgIpc) is 2.85. The second-order valence-corrected chi connectivity index (χ2v) is 9.35. The second kappa shape index (κ2) is 8.15. The van der Waals surface area contributed by atoms with Crippen LogP contribution in [-0.4, -0.2) is 10.5 Å². The summed E-state index contributed by atoms with van der Waals surface area (Å²) in [5.74, 6) is -0.194. The van der Waals surface area contributed by atoms with E-state index in [1.54, 1.807) is 12.1 Å². The molecule has 0 unspecified atom stereocenters. The molecule has 0 saturated heterocycles. The van der Waals surface area contributed by atoms with Crippen LogP contribution in [0, 0.1) is 21.4 Å². The molecule has 0 aromatic heterocycles. The molecule has 1 heterocycles. The Bertz CT molecular complexity index is 1410. The summed E-state index contributed by atoms with van der Waals surface area (Å²) in [5.41, 5.74) is 8.20. The van der Waals surface area contributed by atoms with E-state index in [0.717, 1.165) is 10.0 Å². The lowest BCUT2D eigenvalue weighted by Crippen LogP contribution is -2.59. The van der Waals surface area contributed by atoms with Gasteiger partial charge in [-0.1, -0.05) is 76.6 Å². The Balaban J connectivity index is 1.92. The van der Waals surface area contributed by atoms with Crippen molar-refractivity contribution in [3.8, 4) is 11.8 Å². The molecule has 3 atom stereocenters. The van der Waals surface area contributed by atoms with Crippen LogP contribution in [0.3, 0.4) is 0 Å². The maximum Gasteiger partial charge on any atom is 0.312 e. The van der Waals surface area contributed by atoms with Gasteiger partial charge in [-0.15, -0.1) is 0 Å². The van der Waals surface area contributed by atoms with Crippen LogP contribution in [0.4, 0.5) is 0 Å². The molecule has 0 saturated carbocycles. The number of nitriles is 1. The van der Waals surface area contributed by atoms with E-state index in [0.29, 0.717) is 28.0 Å². The highest BCUT2D eigenvalue weighted by atomic mass is 79.9. The lowest BCUT2D eigenvalue weighted by Gasteiger charge is -2.46. The number of benzene rings is 3. The Hall–Kier alpha value is -3.89. The lowest BCUT2D eigenvalue weighted by atomic mass is 9.61. The first-order valence-electron chi connectivity index (χ1n) is 10.7. The molecule has 3 aromatic carbocycles. The standard InChI is InChI=1S/C27H20BrN3O3/c1-16-23(17-8-4-2-5-9-17)21(15-29)25(30)27(31(32)33)24(16)20-14-19(28)12-13-22(20)34-26(27)18-10-6-3-7-11-18/h2-14,24,26H,30H2,1H3/t24-,26+,27-/m1/s1. The number of nitro groups is 1. The number of hydrogen-bond acceptors (Lipinski definition) is 5. The zero-order valence-electron chi connectivity index (χ0n) is 18.2. The van der Waals surface area contributed by atoms with Gasteiger partial charge in [0.2, 0.25) is 6.10 Å². The molecule has 0 fully saturated rings. The maximum atomic E-state index is 13.1. The van der Waals surface area contributed by atoms with E-state index in [9.17, 15) is 15.4 Å². The Kier molecular flexibility index (Phi) is 5.26. The molecule has 0 amide bonds. The zero-order valence-corrected chi connectivity index (χ0v) is 19.8. The molecular formula is C27H20BrN3O3. The Morgan fingerprint density at radius 1 is 1.09 bits per heavy atom. The van der Waals surface area contributed by atoms with E-state index in [-0.39, 0.29) is 16.2 Å². The molecule has 6 nitrogen and oxygen atoms in total. The van der Waals surface area contributed by atoms with Crippen LogP contribution < -0.4 is 10.5 Å². The van der Waals surface area contributed by atoms with E-state index < -0.39 is 17.6 Å². The van der Waals surface area contributed by atoms with E-state index in [1.807, 2.05) is 73.7 Å². The first-order valence-corrected chi connectivity index (χ1v) is 11.5. The fourth-order valence-electron chi connectivity index (χ4n) is 5.34. The van der Waals surface area contributed by atoms with Crippen molar-refractivity contribution in [2.24, 2.45) is 5.73 Å². The smallest absolute Gasteiger partial charge is 0.312 e. The largest absolute Gasteiger partial charge is 0.477 e. The molecular weight excluding hydrogens is 494 g/mol. The number of fused-ring (bicyclic) bond motifs is 3. The van der Waals surface area contributed by atoms with Crippen LogP contribution in [0.15, 0.2) is 100 Å². The Morgan fingerprint density at radius 3 is 2.35 bits per heavy atom. The highest BCUT2D eigenvalue weighted by Crippen LogP contribution is 2.60. The van der Waals surface area contributed by atoms with Crippen molar-refractivity contribution in [3.63, 3.8) is 0 Å². The summed E-state index contributed by atoms with van der Waals surface area (Å²) in [6.45, 7) is 1.85. The maximum absolute atomic E-state index is 13.1. The quantitative estimate of drug-likeness (QED) is 0.346. The van der Waals surface area contributed by atoms with Crippen LogP contribution in [-0.2, 0) is 0 Å². The summed E-state index contributed by atoms with van der Waals surface area (Å²) >= 11 is 3.51. The fraction of sp³-hybridized carbons (Fsp3) is 0.148. The van der Waals surface area contributed by atoms with Gasteiger partial charge in [-0.2, -0.15) is 5.26 Å². The number of hydrogen-bond donors (Lipinski definition) is 1. The van der Waals surface area contributed by atoms with Gasteiger partial charge in [0.25, 0.3) is 0 Å². The molecule has 168 valence electrons. The SMILES string of the molecule is CC1=C(c2ccccc2)C(C#N)=C(N)[C@]2([N+](=O)[O-])[C@H]1c1cc(Br)ccc1O[C@H]2c1ccccc1. The third kappa shape index (κ3) is 2.99. The van der Waals surface area contributed by atoms with Crippen LogP contribution in [0.25, 0.3) is 5.57 Å². The van der Waals surface area contributed by atoms with Crippen molar-refractivity contribution in [2.75, 3.05) is 0 Å². The van der Waals surface area contributed by atoms with Crippen LogP contribution in [0.5, 0.6) is 5.75 Å². The van der Waals surface area contributed by atoms with Gasteiger partial charge in [0.1, 0.15) is 17.5 Å². The summed E-state index contributed by atoms with van der Waals surface area (Å²) in [6, 6.07) is 26.1. The van der Waals surface area contributed by atoms with Gasteiger partial charge >= 0.3 is 5.54 Å². The van der Waals surface area contributed by atoms with Gasteiger partial charge in [0, 0.05) is 26.1 Å². The molecule has 3 aromatic rings. The summed E-state index contributed by atoms with van der Waals surface area (Å²) in [7, 11) is 0. The molecule has 5 rings (SSSR count). The third-order valence-electron chi connectivity index (χ3n) is 6.72. The van der Waals surface area contributed by atoms with Crippen LogP contribution in [0.1, 0.15) is 35.6 Å². The molecule has 2 N–H and O–H groups in total. The highest BCUT2D eigenvalue weighted by molar-refractivity contribution is 9.10. The van der Waals surface area contributed by atoms with Crippen molar-refractivity contribution in [2.45, 2.75) is 24.5 Å². The fourth-order valence-corrected chi connectivity index (χ4v) is 5.72. The lowest BCUT2D eigenvalue weighted by molar-refractivity contribution is -0.576. The molecule has 0 radical (unpaired) electrons. The van der Waals surface area contributed by atoms with E-state index in [1.165, 1.54) is 0 Å². The minimum Gasteiger partial charge on any atom is -0.477 e. The predicted molar refractivity (Wildman–Crippen MR) is 132 cm³/mol. The summed E-state index contributed by atoms with van der Waals surface area (Å²) in [5, 5.41) is 23.3. The summed E-state index contributed by atoms with van der Waals surface area (Å²) in [4.78, 5) is 12.8. The van der Waals surface area contributed by atoms with Gasteiger partial charge in [-0.3, -0.25) is 10.1 Å². The molecule has 7 heteroatoms. The van der Waals surface area contributed by atoms with E-state index >= 15 is 0 Å². The number of rotatable bonds is 3. The molecule has 1 aliphatic heterocycles. The number of nitrogens with two attached hydrogens (primary N) is 1. The van der Waals surface area contributed by atoms with Crippen LogP contribution in [0.2, 0.25) is 0 Å². The third-order valence-corrected chi connectivity index (χ3v) is 7.22. The van der Waals surface area contributed by atoms with Gasteiger partial charge < -0.3 is 10.5 Å². The average molecular weight is 514 g/mol. The van der Waals surface area contributed by atoms with E-state index in [4.69, 9.17) is 10.5 Å². The summed E-state index contributed by atoms with van der Waals surface area (Å²) < 4.78 is 7.12. The van der Waals surface area contributed by atoms with Crippen molar-refractivity contribution in [1.29, 1.82) is 5.26 Å². The van der Waals surface area contributed by atoms with Crippen molar-refractivity contribution < 1.29 is 9.66 Å². The predicted octanol–water partition coefficient (Wildman–Crippen LogP) is 5.91. The number of nitrogens with zero attached hydrogens (tertiary/aromatic N) is 2. The monoisotopic (exact) mass is 513 g/mol. The zero-order chi connectivity index (χ0) is 24.0. The minimum atomic E-state index is -1.90. The Morgan fingerprint density at radius 2 is 1.74 bits per heavy atom. The normalized spacial score (nSPS) is 23.4. The first kappa shape index (κ1) is 21.9. The molecule has 2 aliphatic rings. The number of halogens is 1. The second-order valence-electron chi connectivity index (χ2n) is 8.43. The van der Waals surface area contributed by atoms with Gasteiger partial charge in [-0.05, 0) is 36.3 Å². The molecule has 34 heavy (non-hydrogen) atoms. The Labute approximate surface area is 205 Å². The molecule has 1 aliphatic carbocycles.